The molecule has 3 aliphatic heterocycles. The molecule has 3 aliphatic carbocycles. The zero-order chi connectivity index (χ0) is 26.3. The third-order valence-corrected chi connectivity index (χ3v) is 11.6. The lowest BCUT2D eigenvalue weighted by atomic mass is 9.75. The summed E-state index contributed by atoms with van der Waals surface area (Å²) in [7, 11) is 0. The van der Waals surface area contributed by atoms with Crippen LogP contribution in [0.2, 0.25) is 0 Å². The lowest BCUT2D eigenvalue weighted by molar-refractivity contribution is 0.365. The number of nitrogens with zero attached hydrogens (tertiary/aromatic N) is 4. The minimum absolute atomic E-state index is 0.251. The van der Waals surface area contributed by atoms with Crippen molar-refractivity contribution in [2.24, 2.45) is 10.9 Å². The molecule has 0 amide bonds. The highest BCUT2D eigenvalue weighted by atomic mass is 15.3. The van der Waals surface area contributed by atoms with Gasteiger partial charge in [-0.25, -0.2) is 0 Å². The van der Waals surface area contributed by atoms with Crippen molar-refractivity contribution in [2.75, 3.05) is 40.9 Å². The number of aliphatic imine (C=N–C) groups is 1. The van der Waals surface area contributed by atoms with Gasteiger partial charge in [0.15, 0.2) is 0 Å². The van der Waals surface area contributed by atoms with E-state index in [1.165, 1.54) is 85.4 Å². The molecule has 0 saturated heterocycles. The van der Waals surface area contributed by atoms with Gasteiger partial charge in [0.05, 0.1) is 17.9 Å². The van der Waals surface area contributed by atoms with Crippen molar-refractivity contribution in [1.29, 1.82) is 0 Å². The Morgan fingerprint density at radius 1 is 0.700 bits per heavy atom. The second-order valence-corrected chi connectivity index (χ2v) is 13.2. The van der Waals surface area contributed by atoms with Crippen LogP contribution < -0.4 is 14.7 Å². The summed E-state index contributed by atoms with van der Waals surface area (Å²) in [5.41, 5.74) is 10.8. The first-order chi connectivity index (χ1) is 19.8. The van der Waals surface area contributed by atoms with Crippen LogP contribution >= 0.6 is 0 Å². The highest BCUT2D eigenvalue weighted by molar-refractivity contribution is 6.02. The summed E-state index contributed by atoms with van der Waals surface area (Å²) in [5, 5.41) is 0. The van der Waals surface area contributed by atoms with Crippen molar-refractivity contribution >= 4 is 22.9 Å². The molecule has 6 bridgehead atoms. The second kappa shape index (κ2) is 8.86. The van der Waals surface area contributed by atoms with Crippen LogP contribution in [0.15, 0.2) is 71.7 Å². The molecule has 2 saturated carbocycles. The highest BCUT2D eigenvalue weighted by Gasteiger charge is 2.52. The van der Waals surface area contributed by atoms with Gasteiger partial charge in [0.1, 0.15) is 5.84 Å². The van der Waals surface area contributed by atoms with Crippen LogP contribution in [0.4, 0.5) is 17.1 Å². The third kappa shape index (κ3) is 3.22. The molecule has 4 heteroatoms. The van der Waals surface area contributed by atoms with Gasteiger partial charge in [-0.05, 0) is 79.3 Å². The summed E-state index contributed by atoms with van der Waals surface area (Å²) in [5.74, 6) is 1.99. The molecule has 3 aromatic rings. The Balaban J connectivity index is 1.33. The van der Waals surface area contributed by atoms with Gasteiger partial charge >= 0.3 is 0 Å². The molecular formula is C36H40N4. The first-order valence-corrected chi connectivity index (χ1v) is 16.0. The maximum atomic E-state index is 5.16. The molecule has 1 spiro atoms. The number of anilines is 3. The van der Waals surface area contributed by atoms with E-state index >= 15 is 0 Å². The Labute approximate surface area is 238 Å². The van der Waals surface area contributed by atoms with Crippen LogP contribution in [0, 0.1) is 5.92 Å². The Morgan fingerprint density at radius 2 is 1.52 bits per heavy atom. The Morgan fingerprint density at radius 3 is 2.48 bits per heavy atom. The molecule has 9 rings (SSSR count). The van der Waals surface area contributed by atoms with E-state index in [4.69, 9.17) is 4.99 Å². The van der Waals surface area contributed by atoms with E-state index in [0.29, 0.717) is 18.0 Å². The Hall–Kier alpha value is -3.27. The zero-order valence-corrected chi connectivity index (χ0v) is 23.6. The van der Waals surface area contributed by atoms with Gasteiger partial charge in [-0.3, -0.25) is 4.99 Å². The highest BCUT2D eigenvalue weighted by Crippen LogP contribution is 2.56. The van der Waals surface area contributed by atoms with E-state index in [-0.39, 0.29) is 5.41 Å². The molecular weight excluding hydrogens is 488 g/mol. The van der Waals surface area contributed by atoms with Crippen LogP contribution in [0.25, 0.3) is 11.1 Å². The van der Waals surface area contributed by atoms with Crippen LogP contribution in [0.1, 0.15) is 62.5 Å². The molecule has 3 heterocycles. The summed E-state index contributed by atoms with van der Waals surface area (Å²) < 4.78 is 0. The van der Waals surface area contributed by atoms with Gasteiger partial charge in [0.25, 0.3) is 0 Å². The van der Waals surface area contributed by atoms with Crippen molar-refractivity contribution in [3.63, 3.8) is 0 Å². The number of rotatable bonds is 0. The summed E-state index contributed by atoms with van der Waals surface area (Å²) in [6, 6.07) is 27.2. The van der Waals surface area contributed by atoms with Crippen molar-refractivity contribution in [1.82, 2.24) is 0 Å². The molecule has 40 heavy (non-hydrogen) atoms. The molecule has 2 fully saturated rings. The fourth-order valence-corrected chi connectivity index (χ4v) is 10.0. The van der Waals surface area contributed by atoms with Crippen LogP contribution in [0.5, 0.6) is 0 Å². The quantitative estimate of drug-likeness (QED) is 0.308. The molecule has 0 N–H and O–H groups in total. The predicted molar refractivity (Wildman–Crippen MR) is 166 cm³/mol. The number of fused-ring (bicyclic) bond motifs is 13. The number of amidine groups is 1. The number of para-hydroxylation sites is 3. The summed E-state index contributed by atoms with van der Waals surface area (Å²) in [6.07, 6.45) is 11.5. The van der Waals surface area contributed by atoms with Crippen LogP contribution in [-0.4, -0.2) is 44.1 Å². The molecule has 4 unspecified atom stereocenters. The third-order valence-electron chi connectivity index (χ3n) is 11.6. The topological polar surface area (TPSA) is 22.1 Å². The second-order valence-electron chi connectivity index (χ2n) is 13.2. The van der Waals surface area contributed by atoms with Crippen molar-refractivity contribution < 1.29 is 0 Å². The SMILES string of the molecule is c1ccc2c(c1)-c1cccc3c1CCC31CCCC1N1CCN2C2CCCC2CC2=NCCN2c2ccccc21. The molecule has 3 aromatic carbocycles. The standard InChI is InChI=1S/C36H40N4/c1-2-12-31-28(9-1)26-10-6-11-29-27(26)17-19-36(29)18-7-16-34(36)39-23-22-38(31)30-15-5-8-25(30)24-35-37-20-21-40(35)33-14-4-3-13-32(33)39/h1-4,6,9-14,25,30,34H,5,7-8,15-24H2. The van der Waals surface area contributed by atoms with Gasteiger partial charge in [0.2, 0.25) is 0 Å². The smallest absolute Gasteiger partial charge is 0.104 e. The molecule has 4 nitrogen and oxygen atoms in total. The maximum absolute atomic E-state index is 5.16. The van der Waals surface area contributed by atoms with E-state index in [2.05, 4.69) is 81.4 Å². The molecule has 204 valence electrons. The van der Waals surface area contributed by atoms with Gasteiger partial charge < -0.3 is 14.7 Å². The van der Waals surface area contributed by atoms with Gasteiger partial charge in [-0.2, -0.15) is 0 Å². The van der Waals surface area contributed by atoms with Crippen molar-refractivity contribution in [3.8, 4) is 11.1 Å². The van der Waals surface area contributed by atoms with Gasteiger partial charge in [-0.15, -0.1) is 0 Å². The van der Waals surface area contributed by atoms with Crippen molar-refractivity contribution in [3.05, 3.63) is 77.9 Å². The Kier molecular flexibility index (Phi) is 5.19. The zero-order valence-electron chi connectivity index (χ0n) is 23.6. The molecule has 0 aromatic heterocycles. The summed E-state index contributed by atoms with van der Waals surface area (Å²) in [4.78, 5) is 13.5. The van der Waals surface area contributed by atoms with Crippen molar-refractivity contribution in [2.45, 2.75) is 75.3 Å². The van der Waals surface area contributed by atoms with E-state index in [1.807, 2.05) is 0 Å². The minimum atomic E-state index is 0.251. The largest absolute Gasteiger partial charge is 0.366 e. The van der Waals surface area contributed by atoms with E-state index in [1.54, 1.807) is 11.1 Å². The first kappa shape index (κ1) is 23.4. The van der Waals surface area contributed by atoms with E-state index in [0.717, 1.165) is 32.6 Å². The van der Waals surface area contributed by atoms with Gasteiger partial charge in [-0.1, -0.05) is 61.4 Å². The molecule has 0 radical (unpaired) electrons. The lowest BCUT2D eigenvalue weighted by Gasteiger charge is -2.44. The number of hydrogen-bond donors (Lipinski definition) is 0. The van der Waals surface area contributed by atoms with Crippen LogP contribution in [0.3, 0.4) is 0 Å². The summed E-state index contributed by atoms with van der Waals surface area (Å²) >= 11 is 0. The number of hydrogen-bond acceptors (Lipinski definition) is 4. The normalized spacial score (nSPS) is 30.1. The van der Waals surface area contributed by atoms with E-state index < -0.39 is 0 Å². The minimum Gasteiger partial charge on any atom is -0.366 e. The average molecular weight is 529 g/mol. The maximum Gasteiger partial charge on any atom is 0.104 e. The monoisotopic (exact) mass is 528 g/mol. The lowest BCUT2D eigenvalue weighted by Crippen LogP contribution is -2.50. The number of benzene rings is 3. The van der Waals surface area contributed by atoms with E-state index in [9.17, 15) is 0 Å². The fourth-order valence-electron chi connectivity index (χ4n) is 10.0. The fraction of sp³-hybridized carbons (Fsp3) is 0.472. The molecule has 4 atom stereocenters. The van der Waals surface area contributed by atoms with Crippen LogP contribution in [-0.2, 0) is 11.8 Å². The summed E-state index contributed by atoms with van der Waals surface area (Å²) in [6.45, 7) is 4.10. The van der Waals surface area contributed by atoms with Gasteiger partial charge in [0, 0.05) is 54.8 Å². The average Bonchev–Trinajstić information content (AvgIpc) is 3.80. The first-order valence-electron chi connectivity index (χ1n) is 16.0. The molecule has 6 aliphatic rings. The predicted octanol–water partition coefficient (Wildman–Crippen LogP) is 7.21. The Bertz CT molecular complexity index is 1510.